The number of fused-ring (bicyclic) bond motifs is 1. The summed E-state index contributed by atoms with van der Waals surface area (Å²) < 4.78 is 10.7. The maximum atomic E-state index is 12.4. The Labute approximate surface area is 157 Å². The van der Waals surface area contributed by atoms with Crippen molar-refractivity contribution < 1.29 is 23.9 Å². The van der Waals surface area contributed by atoms with E-state index < -0.39 is 24.1 Å². The lowest BCUT2D eigenvalue weighted by atomic mass is 9.93. The fraction of sp³-hybridized carbons (Fsp3) is 0.286. The summed E-state index contributed by atoms with van der Waals surface area (Å²) in [6.45, 7) is 3.77. The molecule has 1 aliphatic rings. The summed E-state index contributed by atoms with van der Waals surface area (Å²) in [5.41, 5.74) is 2.36. The molecule has 2 aromatic carbocycles. The zero-order valence-corrected chi connectivity index (χ0v) is 15.2. The lowest BCUT2D eigenvalue weighted by Gasteiger charge is -2.25. The van der Waals surface area contributed by atoms with Crippen LogP contribution in [0.1, 0.15) is 51.8 Å². The van der Waals surface area contributed by atoms with Gasteiger partial charge in [-0.2, -0.15) is 0 Å². The Hall–Kier alpha value is -3.15. The standard InChI is InChI=1S/C21H21NO5/c1-3-22-19(23)13(2)26-20(24)15-9-10-17-16(11-15)12-18(27-21(17)25)14-7-5-4-6-8-14/h4-11,13,18H,3,12H2,1-2H3,(H,22,23)/t13-,18-/m0/s1. The van der Waals surface area contributed by atoms with Crippen LogP contribution in [-0.4, -0.2) is 30.5 Å². The van der Waals surface area contributed by atoms with Crippen molar-refractivity contribution in [3.63, 3.8) is 0 Å². The van der Waals surface area contributed by atoms with E-state index in [0.29, 0.717) is 24.1 Å². The van der Waals surface area contributed by atoms with Crippen molar-refractivity contribution in [2.24, 2.45) is 0 Å². The molecule has 0 aliphatic carbocycles. The van der Waals surface area contributed by atoms with Gasteiger partial charge in [-0.1, -0.05) is 30.3 Å². The minimum atomic E-state index is -0.893. The maximum absolute atomic E-state index is 12.4. The topological polar surface area (TPSA) is 81.7 Å². The van der Waals surface area contributed by atoms with Gasteiger partial charge in [0.2, 0.25) is 0 Å². The molecule has 27 heavy (non-hydrogen) atoms. The van der Waals surface area contributed by atoms with E-state index in [0.717, 1.165) is 11.1 Å². The molecule has 0 spiro atoms. The van der Waals surface area contributed by atoms with Gasteiger partial charge in [0.1, 0.15) is 6.10 Å². The predicted molar refractivity (Wildman–Crippen MR) is 98.3 cm³/mol. The summed E-state index contributed by atoms with van der Waals surface area (Å²) in [6, 6.07) is 14.2. The Morgan fingerprint density at radius 1 is 1.22 bits per heavy atom. The number of ether oxygens (including phenoxy) is 2. The maximum Gasteiger partial charge on any atom is 0.339 e. The number of cyclic esters (lactones) is 1. The van der Waals surface area contributed by atoms with Gasteiger partial charge in [0, 0.05) is 13.0 Å². The second kappa shape index (κ2) is 8.03. The number of hydrogen-bond acceptors (Lipinski definition) is 5. The Morgan fingerprint density at radius 2 is 1.96 bits per heavy atom. The van der Waals surface area contributed by atoms with Gasteiger partial charge in [-0.3, -0.25) is 4.79 Å². The van der Waals surface area contributed by atoms with E-state index in [1.54, 1.807) is 19.1 Å². The smallest absolute Gasteiger partial charge is 0.339 e. The quantitative estimate of drug-likeness (QED) is 0.822. The number of carbonyl (C=O) groups is 3. The number of esters is 2. The first-order valence-electron chi connectivity index (χ1n) is 8.87. The highest BCUT2D eigenvalue weighted by Crippen LogP contribution is 2.31. The average molecular weight is 367 g/mol. The third-order valence-corrected chi connectivity index (χ3v) is 4.39. The van der Waals surface area contributed by atoms with Gasteiger partial charge < -0.3 is 14.8 Å². The molecule has 0 unspecified atom stereocenters. The number of rotatable bonds is 5. The van der Waals surface area contributed by atoms with Crippen molar-refractivity contribution in [2.45, 2.75) is 32.5 Å². The zero-order chi connectivity index (χ0) is 19.4. The number of hydrogen-bond donors (Lipinski definition) is 1. The van der Waals surface area contributed by atoms with Crippen molar-refractivity contribution >= 4 is 17.8 Å². The largest absolute Gasteiger partial charge is 0.454 e. The molecular weight excluding hydrogens is 346 g/mol. The number of likely N-dealkylation sites (N-methyl/N-ethyl adjacent to an activating group) is 1. The Balaban J connectivity index is 1.79. The zero-order valence-electron chi connectivity index (χ0n) is 15.2. The molecule has 0 aromatic heterocycles. The highest BCUT2D eigenvalue weighted by molar-refractivity contribution is 5.96. The van der Waals surface area contributed by atoms with E-state index in [1.165, 1.54) is 13.0 Å². The van der Waals surface area contributed by atoms with Gasteiger partial charge in [-0.15, -0.1) is 0 Å². The Bertz CT molecular complexity index is 862. The third-order valence-electron chi connectivity index (χ3n) is 4.39. The van der Waals surface area contributed by atoms with Crippen molar-refractivity contribution in [3.05, 3.63) is 70.8 Å². The van der Waals surface area contributed by atoms with Crippen LogP contribution in [0, 0.1) is 0 Å². The van der Waals surface area contributed by atoms with Gasteiger partial charge in [0.25, 0.3) is 5.91 Å². The van der Waals surface area contributed by atoms with Crippen LogP contribution in [0.4, 0.5) is 0 Å². The Morgan fingerprint density at radius 3 is 2.67 bits per heavy atom. The second-order valence-electron chi connectivity index (χ2n) is 6.32. The molecule has 6 heteroatoms. The van der Waals surface area contributed by atoms with Crippen LogP contribution in [0.2, 0.25) is 0 Å². The summed E-state index contributed by atoms with van der Waals surface area (Å²) in [4.78, 5) is 36.4. The van der Waals surface area contributed by atoms with Crippen molar-refractivity contribution in [1.29, 1.82) is 0 Å². The van der Waals surface area contributed by atoms with E-state index in [2.05, 4.69) is 5.32 Å². The first kappa shape index (κ1) is 18.6. The molecule has 3 rings (SSSR count). The summed E-state index contributed by atoms with van der Waals surface area (Å²) in [7, 11) is 0. The minimum Gasteiger partial charge on any atom is -0.454 e. The van der Waals surface area contributed by atoms with Crippen LogP contribution >= 0.6 is 0 Å². The summed E-state index contributed by atoms with van der Waals surface area (Å²) >= 11 is 0. The molecule has 6 nitrogen and oxygen atoms in total. The second-order valence-corrected chi connectivity index (χ2v) is 6.32. The van der Waals surface area contributed by atoms with E-state index >= 15 is 0 Å². The first-order chi connectivity index (χ1) is 13.0. The van der Waals surface area contributed by atoms with E-state index in [1.807, 2.05) is 30.3 Å². The lowest BCUT2D eigenvalue weighted by molar-refractivity contribution is -0.128. The van der Waals surface area contributed by atoms with E-state index in [-0.39, 0.29) is 5.91 Å². The van der Waals surface area contributed by atoms with E-state index in [4.69, 9.17) is 9.47 Å². The molecule has 0 fully saturated rings. The highest BCUT2D eigenvalue weighted by Gasteiger charge is 2.28. The van der Waals surface area contributed by atoms with Crippen LogP contribution in [0.5, 0.6) is 0 Å². The monoisotopic (exact) mass is 367 g/mol. The predicted octanol–water partition coefficient (Wildman–Crippen LogP) is 2.82. The molecule has 0 bridgehead atoms. The van der Waals surface area contributed by atoms with Crippen LogP contribution in [0.15, 0.2) is 48.5 Å². The summed E-state index contributed by atoms with van der Waals surface area (Å²) in [5, 5.41) is 2.60. The van der Waals surface area contributed by atoms with Crippen LogP contribution in [-0.2, 0) is 20.7 Å². The molecular formula is C21H21NO5. The molecule has 1 amide bonds. The molecule has 1 N–H and O–H groups in total. The molecule has 0 saturated heterocycles. The molecule has 1 heterocycles. The fourth-order valence-corrected chi connectivity index (χ4v) is 2.98. The van der Waals surface area contributed by atoms with Gasteiger partial charge in [-0.25, -0.2) is 9.59 Å². The number of carbonyl (C=O) groups excluding carboxylic acids is 3. The van der Waals surface area contributed by atoms with Crippen LogP contribution in [0.3, 0.4) is 0 Å². The lowest BCUT2D eigenvalue weighted by Crippen LogP contribution is -2.35. The summed E-state index contributed by atoms with van der Waals surface area (Å²) in [6.07, 6.45) is -0.819. The molecule has 2 atom stereocenters. The van der Waals surface area contributed by atoms with Gasteiger partial charge in [0.15, 0.2) is 6.10 Å². The van der Waals surface area contributed by atoms with Crippen LogP contribution in [0.25, 0.3) is 0 Å². The molecule has 140 valence electrons. The van der Waals surface area contributed by atoms with Crippen molar-refractivity contribution in [3.8, 4) is 0 Å². The summed E-state index contributed by atoms with van der Waals surface area (Å²) in [5.74, 6) is -1.37. The van der Waals surface area contributed by atoms with Crippen molar-refractivity contribution in [2.75, 3.05) is 6.54 Å². The van der Waals surface area contributed by atoms with Crippen molar-refractivity contribution in [1.82, 2.24) is 5.32 Å². The average Bonchev–Trinajstić information content (AvgIpc) is 2.68. The normalized spacial score (nSPS) is 16.7. The number of nitrogens with one attached hydrogen (secondary N) is 1. The number of benzene rings is 2. The number of amides is 1. The van der Waals surface area contributed by atoms with Gasteiger partial charge >= 0.3 is 11.9 Å². The third kappa shape index (κ3) is 4.16. The molecule has 1 aliphatic heterocycles. The van der Waals surface area contributed by atoms with E-state index in [9.17, 15) is 14.4 Å². The van der Waals surface area contributed by atoms with Crippen LogP contribution < -0.4 is 5.32 Å². The Kier molecular flexibility index (Phi) is 5.54. The SMILES string of the molecule is CCNC(=O)[C@H](C)OC(=O)c1ccc2c(c1)C[C@@H](c1ccccc1)OC2=O. The van der Waals surface area contributed by atoms with Gasteiger partial charge in [-0.05, 0) is 43.2 Å². The highest BCUT2D eigenvalue weighted by atomic mass is 16.6. The molecule has 0 saturated carbocycles. The molecule has 2 aromatic rings. The molecule has 0 radical (unpaired) electrons. The van der Waals surface area contributed by atoms with Gasteiger partial charge in [0.05, 0.1) is 11.1 Å². The first-order valence-corrected chi connectivity index (χ1v) is 8.87. The minimum absolute atomic E-state index is 0.298. The fourth-order valence-electron chi connectivity index (χ4n) is 2.98.